The molecular weight excluding hydrogens is 318 g/mol. The fourth-order valence-corrected chi connectivity index (χ4v) is 4.06. The lowest BCUT2D eigenvalue weighted by molar-refractivity contribution is 0.0405. The maximum atomic E-state index is 12.6. The number of carbonyl (C=O) groups excluding carboxylic acids is 1. The Morgan fingerprint density at radius 2 is 2.04 bits per heavy atom. The summed E-state index contributed by atoms with van der Waals surface area (Å²) in [5, 5.41) is 3.22. The molecule has 0 aromatic carbocycles. The summed E-state index contributed by atoms with van der Waals surface area (Å²) in [5.41, 5.74) is 0.439. The molecule has 2 saturated heterocycles. The molecule has 1 N–H and O–H groups in total. The van der Waals surface area contributed by atoms with Crippen molar-refractivity contribution in [3.63, 3.8) is 0 Å². The minimum Gasteiger partial charge on any atom is -0.381 e. The van der Waals surface area contributed by atoms with E-state index in [1.807, 2.05) is 0 Å². The van der Waals surface area contributed by atoms with E-state index in [1.165, 1.54) is 10.6 Å². The quantitative estimate of drug-likeness (QED) is 0.874. The molecule has 3 rings (SSSR count). The van der Waals surface area contributed by atoms with Crippen molar-refractivity contribution in [2.75, 3.05) is 26.3 Å². The summed E-state index contributed by atoms with van der Waals surface area (Å²) < 4.78 is 6.93. The predicted molar refractivity (Wildman–Crippen MR) is 96.7 cm³/mol. The van der Waals surface area contributed by atoms with Crippen molar-refractivity contribution in [3.05, 3.63) is 34.2 Å². The second-order valence-corrected chi connectivity index (χ2v) is 7.29. The van der Waals surface area contributed by atoms with Gasteiger partial charge in [0, 0.05) is 57.7 Å². The van der Waals surface area contributed by atoms with Crippen molar-refractivity contribution < 1.29 is 9.53 Å². The molecule has 0 radical (unpaired) electrons. The Bertz CT molecular complexity index is 652. The van der Waals surface area contributed by atoms with Crippen LogP contribution in [-0.2, 0) is 11.8 Å². The molecule has 0 spiro atoms. The molecule has 0 saturated carbocycles. The average molecular weight is 347 g/mol. The van der Waals surface area contributed by atoms with Gasteiger partial charge in [0.15, 0.2) is 0 Å². The molecule has 2 aliphatic heterocycles. The highest BCUT2D eigenvalue weighted by Gasteiger charge is 2.36. The third-order valence-electron chi connectivity index (χ3n) is 5.50. The lowest BCUT2D eigenvalue weighted by Crippen LogP contribution is -2.42. The van der Waals surface area contributed by atoms with Gasteiger partial charge in [-0.05, 0) is 31.2 Å². The topological polar surface area (TPSA) is 63.6 Å². The van der Waals surface area contributed by atoms with Crippen molar-refractivity contribution >= 4 is 5.91 Å². The van der Waals surface area contributed by atoms with Gasteiger partial charge in [0.2, 0.25) is 5.56 Å². The van der Waals surface area contributed by atoms with Gasteiger partial charge in [0.1, 0.15) is 0 Å². The number of amides is 1. The first kappa shape index (κ1) is 18.1. The molecule has 1 amide bonds. The van der Waals surface area contributed by atoms with Crippen LogP contribution in [0.4, 0.5) is 0 Å². The average Bonchev–Trinajstić information content (AvgIpc) is 3.01. The molecule has 2 fully saturated rings. The number of aromatic nitrogens is 1. The van der Waals surface area contributed by atoms with E-state index < -0.39 is 0 Å². The number of ether oxygens (including phenoxy) is 1. The van der Waals surface area contributed by atoms with Crippen LogP contribution in [0.25, 0.3) is 0 Å². The van der Waals surface area contributed by atoms with E-state index in [1.54, 1.807) is 19.3 Å². The third-order valence-corrected chi connectivity index (χ3v) is 5.50. The van der Waals surface area contributed by atoms with Crippen LogP contribution in [0.15, 0.2) is 23.1 Å². The van der Waals surface area contributed by atoms with Crippen molar-refractivity contribution in [1.29, 1.82) is 0 Å². The Hall–Kier alpha value is -1.66. The Labute approximate surface area is 149 Å². The highest BCUT2D eigenvalue weighted by Crippen LogP contribution is 2.27. The van der Waals surface area contributed by atoms with Gasteiger partial charge < -0.3 is 14.6 Å². The third kappa shape index (κ3) is 4.30. The summed E-state index contributed by atoms with van der Waals surface area (Å²) in [6.07, 6.45) is 6.02. The molecule has 1 aromatic rings. The number of likely N-dealkylation sites (tertiary alicyclic amines) is 1. The monoisotopic (exact) mass is 347 g/mol. The Balaban J connectivity index is 1.66. The fourth-order valence-electron chi connectivity index (χ4n) is 4.06. The lowest BCUT2D eigenvalue weighted by Gasteiger charge is -2.31. The minimum absolute atomic E-state index is 0.0875. The van der Waals surface area contributed by atoms with E-state index in [4.69, 9.17) is 4.74 Å². The Morgan fingerprint density at radius 3 is 2.72 bits per heavy atom. The maximum Gasteiger partial charge on any atom is 0.253 e. The van der Waals surface area contributed by atoms with E-state index in [0.29, 0.717) is 17.5 Å². The van der Waals surface area contributed by atoms with Gasteiger partial charge in [-0.15, -0.1) is 0 Å². The first-order valence-corrected chi connectivity index (χ1v) is 9.37. The van der Waals surface area contributed by atoms with Crippen molar-refractivity contribution in [3.8, 4) is 0 Å². The van der Waals surface area contributed by atoms with Gasteiger partial charge in [-0.1, -0.05) is 13.3 Å². The molecule has 0 unspecified atom stereocenters. The molecule has 0 aliphatic carbocycles. The smallest absolute Gasteiger partial charge is 0.253 e. The summed E-state index contributed by atoms with van der Waals surface area (Å²) in [7, 11) is 1.67. The second kappa shape index (κ2) is 8.15. The van der Waals surface area contributed by atoms with E-state index in [0.717, 1.165) is 52.0 Å². The van der Waals surface area contributed by atoms with Gasteiger partial charge in [-0.25, -0.2) is 0 Å². The zero-order valence-electron chi connectivity index (χ0n) is 15.2. The summed E-state index contributed by atoms with van der Waals surface area (Å²) in [4.78, 5) is 26.7. The molecule has 25 heavy (non-hydrogen) atoms. The van der Waals surface area contributed by atoms with Gasteiger partial charge in [0.25, 0.3) is 5.91 Å². The number of aryl methyl sites for hydroxylation is 1. The number of nitrogens with one attached hydrogen (secondary N) is 1. The molecular formula is C19H29N3O3. The summed E-state index contributed by atoms with van der Waals surface area (Å²) in [6.45, 7) is 5.84. The molecule has 6 heteroatoms. The summed E-state index contributed by atoms with van der Waals surface area (Å²) >= 11 is 0. The highest BCUT2D eigenvalue weighted by atomic mass is 16.5. The van der Waals surface area contributed by atoms with Crippen molar-refractivity contribution in [2.24, 2.45) is 13.0 Å². The zero-order chi connectivity index (χ0) is 17.8. The van der Waals surface area contributed by atoms with Crippen LogP contribution in [0, 0.1) is 5.92 Å². The largest absolute Gasteiger partial charge is 0.381 e. The number of rotatable bonds is 5. The maximum absolute atomic E-state index is 12.6. The van der Waals surface area contributed by atoms with E-state index in [-0.39, 0.29) is 17.5 Å². The van der Waals surface area contributed by atoms with Crippen LogP contribution in [0.2, 0.25) is 0 Å². The molecule has 0 bridgehead atoms. The van der Waals surface area contributed by atoms with Crippen LogP contribution < -0.4 is 10.9 Å². The first-order valence-electron chi connectivity index (χ1n) is 9.37. The molecule has 138 valence electrons. The Morgan fingerprint density at radius 1 is 1.28 bits per heavy atom. The van der Waals surface area contributed by atoms with Crippen LogP contribution in [-0.4, -0.2) is 53.8 Å². The van der Waals surface area contributed by atoms with E-state index >= 15 is 0 Å². The summed E-state index contributed by atoms with van der Waals surface area (Å²) in [5.74, 6) is 0.403. The summed E-state index contributed by atoms with van der Waals surface area (Å²) in [6, 6.07) is 3.80. The fraction of sp³-hybridized carbons (Fsp3) is 0.684. The van der Waals surface area contributed by atoms with Crippen LogP contribution in [0.3, 0.4) is 0 Å². The van der Waals surface area contributed by atoms with Crippen molar-refractivity contribution in [1.82, 2.24) is 14.8 Å². The van der Waals surface area contributed by atoms with Crippen LogP contribution in [0.1, 0.15) is 43.0 Å². The molecule has 6 nitrogen and oxygen atoms in total. The van der Waals surface area contributed by atoms with Gasteiger partial charge >= 0.3 is 0 Å². The lowest BCUT2D eigenvalue weighted by atomic mass is 9.98. The molecule has 1 aromatic heterocycles. The number of carbonyl (C=O) groups is 1. The minimum atomic E-state index is -0.105. The molecule has 3 heterocycles. The number of pyridine rings is 1. The van der Waals surface area contributed by atoms with E-state index in [2.05, 4.69) is 17.1 Å². The molecule has 2 aliphatic rings. The van der Waals surface area contributed by atoms with Gasteiger partial charge in [0.05, 0.1) is 5.56 Å². The van der Waals surface area contributed by atoms with Gasteiger partial charge in [-0.2, -0.15) is 0 Å². The predicted octanol–water partition coefficient (Wildman–Crippen LogP) is 1.39. The SMILES string of the molecule is CCC[C@H]1CN(C2CCOCC2)C[C@@H]1NC(=O)c1ccc(=O)n(C)c1. The highest BCUT2D eigenvalue weighted by molar-refractivity contribution is 5.94. The number of hydrogen-bond acceptors (Lipinski definition) is 4. The second-order valence-electron chi connectivity index (χ2n) is 7.29. The zero-order valence-corrected chi connectivity index (χ0v) is 15.2. The van der Waals surface area contributed by atoms with Crippen molar-refractivity contribution in [2.45, 2.75) is 44.7 Å². The first-order chi connectivity index (χ1) is 12.1. The van der Waals surface area contributed by atoms with Gasteiger partial charge in [-0.3, -0.25) is 14.5 Å². The number of hydrogen-bond donors (Lipinski definition) is 1. The van der Waals surface area contributed by atoms with Crippen LogP contribution in [0.5, 0.6) is 0 Å². The number of nitrogens with zero attached hydrogens (tertiary/aromatic N) is 2. The Kier molecular flexibility index (Phi) is 5.91. The molecule has 2 atom stereocenters. The van der Waals surface area contributed by atoms with E-state index in [9.17, 15) is 9.59 Å². The normalized spacial score (nSPS) is 25.2. The van der Waals surface area contributed by atoms with Crippen LogP contribution >= 0.6 is 0 Å². The standard InChI is InChI=1S/C19H29N3O3/c1-3-4-14-12-22(16-7-9-25-10-8-16)13-17(14)20-19(24)15-5-6-18(23)21(2)11-15/h5-6,11,14,16-17H,3-4,7-10,12-13H2,1-2H3,(H,20,24)/t14-,17-/m0/s1.